The molecule has 0 unspecified atom stereocenters. The van der Waals surface area contributed by atoms with E-state index < -0.39 is 0 Å². The monoisotopic (exact) mass is 440 g/mol. The van der Waals surface area contributed by atoms with Gasteiger partial charge in [0.05, 0.1) is 27.2 Å². The molecule has 1 amide bonds. The molecule has 0 aromatic heterocycles. The second-order valence-electron chi connectivity index (χ2n) is 7.06. The van der Waals surface area contributed by atoms with Crippen molar-refractivity contribution in [3.05, 3.63) is 80.8 Å². The number of amides is 1. The van der Waals surface area contributed by atoms with Gasteiger partial charge in [-0.1, -0.05) is 60.5 Å². The maximum absolute atomic E-state index is 13.2. The van der Waals surface area contributed by atoms with Crippen molar-refractivity contribution in [1.82, 2.24) is 5.32 Å². The Kier molecular flexibility index (Phi) is 7.33. The zero-order valence-corrected chi connectivity index (χ0v) is 18.1. The lowest BCUT2D eigenvalue weighted by atomic mass is 9.92. The number of aliphatic hydroxyl groups is 1. The predicted octanol–water partition coefficient (Wildman–Crippen LogP) is 5.48. The van der Waals surface area contributed by atoms with E-state index in [2.05, 4.69) is 11.4 Å². The van der Waals surface area contributed by atoms with E-state index in [0.717, 1.165) is 21.9 Å². The van der Waals surface area contributed by atoms with Crippen molar-refractivity contribution in [3.8, 4) is 6.07 Å². The number of nitriles is 1. The third kappa shape index (κ3) is 4.60. The zero-order chi connectivity index (χ0) is 21.7. The number of benzene rings is 3. The lowest BCUT2D eigenvalue weighted by molar-refractivity contribution is 0.0950. The van der Waals surface area contributed by atoms with E-state index in [9.17, 15) is 15.2 Å². The number of halogens is 2. The highest BCUT2D eigenvalue weighted by atomic mass is 35.5. The molecule has 3 rings (SSSR count). The zero-order valence-electron chi connectivity index (χ0n) is 16.6. The Labute approximate surface area is 186 Å². The van der Waals surface area contributed by atoms with E-state index in [-0.39, 0.29) is 18.4 Å². The molecule has 0 heterocycles. The first-order valence-corrected chi connectivity index (χ1v) is 10.5. The van der Waals surface area contributed by atoms with Gasteiger partial charge in [-0.3, -0.25) is 4.79 Å². The van der Waals surface area contributed by atoms with E-state index in [4.69, 9.17) is 23.2 Å². The van der Waals surface area contributed by atoms with Crippen LogP contribution in [-0.4, -0.2) is 24.2 Å². The molecule has 0 saturated heterocycles. The summed E-state index contributed by atoms with van der Waals surface area (Å²) in [6.45, 7) is 2.24. The second kappa shape index (κ2) is 9.95. The molecule has 6 heteroatoms. The molecular weight excluding hydrogens is 419 g/mol. The first kappa shape index (κ1) is 22.1. The van der Waals surface area contributed by atoms with Gasteiger partial charge < -0.3 is 10.4 Å². The summed E-state index contributed by atoms with van der Waals surface area (Å²) in [4.78, 5) is 13.2. The largest absolute Gasteiger partial charge is 0.396 e. The van der Waals surface area contributed by atoms with Crippen molar-refractivity contribution >= 4 is 39.9 Å². The fourth-order valence-corrected chi connectivity index (χ4v) is 4.04. The van der Waals surface area contributed by atoms with Crippen molar-refractivity contribution < 1.29 is 9.90 Å². The number of nitrogens with one attached hydrogen (secondary N) is 1. The quantitative estimate of drug-likeness (QED) is 0.510. The van der Waals surface area contributed by atoms with Crippen LogP contribution >= 0.6 is 23.2 Å². The van der Waals surface area contributed by atoms with Gasteiger partial charge in [0.25, 0.3) is 5.91 Å². The topological polar surface area (TPSA) is 73.1 Å². The number of hydrogen-bond acceptors (Lipinski definition) is 3. The summed E-state index contributed by atoms with van der Waals surface area (Å²) in [5.41, 5.74) is 2.67. The van der Waals surface area contributed by atoms with Gasteiger partial charge in [-0.15, -0.1) is 0 Å². The smallest absolute Gasteiger partial charge is 0.252 e. The third-order valence-electron chi connectivity index (χ3n) is 5.26. The fraction of sp³-hybridized carbons (Fsp3) is 0.250. The molecule has 30 heavy (non-hydrogen) atoms. The Morgan fingerprint density at radius 2 is 1.93 bits per heavy atom. The number of nitrogens with zero attached hydrogens (tertiary/aromatic N) is 1. The SMILES string of the molecule is CCc1c(C#N)cc2ccccc2c1C(=O)NC[C@@H](CCO)c1ccc(Cl)c(Cl)c1. The molecule has 0 bridgehead atoms. The fourth-order valence-electron chi connectivity index (χ4n) is 3.73. The predicted molar refractivity (Wildman–Crippen MR) is 121 cm³/mol. The Balaban J connectivity index is 1.94. The Morgan fingerprint density at radius 1 is 1.17 bits per heavy atom. The molecule has 3 aromatic carbocycles. The Bertz CT molecular complexity index is 1120. The average Bonchev–Trinajstić information content (AvgIpc) is 2.76. The van der Waals surface area contributed by atoms with Gasteiger partial charge in [-0.05, 0) is 52.9 Å². The summed E-state index contributed by atoms with van der Waals surface area (Å²) in [5, 5.41) is 24.6. The van der Waals surface area contributed by atoms with Crippen LogP contribution in [0.15, 0.2) is 48.5 Å². The van der Waals surface area contributed by atoms with Crippen LogP contribution in [0.3, 0.4) is 0 Å². The van der Waals surface area contributed by atoms with E-state index in [1.165, 1.54) is 0 Å². The molecule has 154 valence electrons. The van der Waals surface area contributed by atoms with Gasteiger partial charge in [-0.25, -0.2) is 0 Å². The highest BCUT2D eigenvalue weighted by Gasteiger charge is 2.20. The minimum atomic E-state index is -0.233. The lowest BCUT2D eigenvalue weighted by Gasteiger charge is -2.19. The van der Waals surface area contributed by atoms with Crippen LogP contribution in [-0.2, 0) is 6.42 Å². The summed E-state index contributed by atoms with van der Waals surface area (Å²) in [5.74, 6) is -0.354. The molecule has 0 aliphatic carbocycles. The molecule has 0 spiro atoms. The van der Waals surface area contributed by atoms with Crippen LogP contribution in [0, 0.1) is 11.3 Å². The van der Waals surface area contributed by atoms with Crippen molar-refractivity contribution in [2.24, 2.45) is 0 Å². The van der Waals surface area contributed by atoms with Crippen LogP contribution in [0.25, 0.3) is 10.8 Å². The highest BCUT2D eigenvalue weighted by molar-refractivity contribution is 6.42. The number of aliphatic hydroxyl groups excluding tert-OH is 1. The number of carbonyl (C=O) groups is 1. The number of rotatable bonds is 7. The van der Waals surface area contributed by atoms with Crippen LogP contribution < -0.4 is 5.32 Å². The van der Waals surface area contributed by atoms with E-state index in [0.29, 0.717) is 40.6 Å². The van der Waals surface area contributed by atoms with Crippen LogP contribution in [0.5, 0.6) is 0 Å². The van der Waals surface area contributed by atoms with Gasteiger partial charge in [-0.2, -0.15) is 5.26 Å². The molecule has 2 N–H and O–H groups in total. The molecule has 1 atom stereocenters. The van der Waals surface area contributed by atoms with Crippen molar-refractivity contribution in [2.45, 2.75) is 25.7 Å². The van der Waals surface area contributed by atoms with Crippen LogP contribution in [0.4, 0.5) is 0 Å². The molecule has 3 aromatic rings. The molecule has 0 saturated carbocycles. The van der Waals surface area contributed by atoms with Gasteiger partial charge in [0, 0.05) is 19.1 Å². The first-order valence-electron chi connectivity index (χ1n) is 9.78. The number of fused-ring (bicyclic) bond motifs is 1. The van der Waals surface area contributed by atoms with Gasteiger partial charge in [0.2, 0.25) is 0 Å². The minimum absolute atomic E-state index is 0.0200. The van der Waals surface area contributed by atoms with Gasteiger partial charge in [0.1, 0.15) is 0 Å². The summed E-state index contributed by atoms with van der Waals surface area (Å²) in [6.07, 6.45) is 1.04. The maximum atomic E-state index is 13.2. The molecule has 0 aliphatic rings. The van der Waals surface area contributed by atoms with Crippen molar-refractivity contribution in [2.75, 3.05) is 13.2 Å². The highest BCUT2D eigenvalue weighted by Crippen LogP contribution is 2.29. The lowest BCUT2D eigenvalue weighted by Crippen LogP contribution is -2.30. The van der Waals surface area contributed by atoms with Crippen LogP contribution in [0.2, 0.25) is 10.0 Å². The normalized spacial score (nSPS) is 11.8. The van der Waals surface area contributed by atoms with Crippen molar-refractivity contribution in [3.63, 3.8) is 0 Å². The summed E-state index contributed by atoms with van der Waals surface area (Å²) in [6, 6.07) is 16.9. The van der Waals surface area contributed by atoms with Gasteiger partial charge >= 0.3 is 0 Å². The van der Waals surface area contributed by atoms with E-state index in [1.54, 1.807) is 12.1 Å². The summed E-state index contributed by atoms with van der Waals surface area (Å²) < 4.78 is 0. The molecule has 0 aliphatic heterocycles. The minimum Gasteiger partial charge on any atom is -0.396 e. The second-order valence-corrected chi connectivity index (χ2v) is 7.87. The molecular formula is C24H22Cl2N2O2. The summed E-state index contributed by atoms with van der Waals surface area (Å²) >= 11 is 12.2. The first-order chi connectivity index (χ1) is 14.5. The standard InChI is InChI=1S/C24H22Cl2N2O2/c1-2-19-18(13-27)11-16-5-3-4-6-20(16)23(19)24(30)28-14-17(9-10-29)15-7-8-21(25)22(26)12-15/h3-8,11-12,17,29H,2,9-10,14H2,1H3,(H,28,30)/t17-/m1/s1. The van der Waals surface area contributed by atoms with Crippen LogP contribution in [0.1, 0.15) is 46.3 Å². The van der Waals surface area contributed by atoms with E-state index in [1.807, 2.05) is 43.3 Å². The molecule has 0 fully saturated rings. The Hall–Kier alpha value is -2.58. The number of hydrogen-bond donors (Lipinski definition) is 2. The third-order valence-corrected chi connectivity index (χ3v) is 6.00. The number of carbonyl (C=O) groups excluding carboxylic acids is 1. The molecule has 0 radical (unpaired) electrons. The average molecular weight is 441 g/mol. The van der Waals surface area contributed by atoms with Gasteiger partial charge in [0.15, 0.2) is 0 Å². The summed E-state index contributed by atoms with van der Waals surface area (Å²) in [7, 11) is 0. The van der Waals surface area contributed by atoms with Crippen molar-refractivity contribution in [1.29, 1.82) is 5.26 Å². The van der Waals surface area contributed by atoms with E-state index >= 15 is 0 Å². The Morgan fingerprint density at radius 3 is 2.60 bits per heavy atom. The molecule has 4 nitrogen and oxygen atoms in total. The maximum Gasteiger partial charge on any atom is 0.252 e.